The second kappa shape index (κ2) is 63.9. The van der Waals surface area contributed by atoms with E-state index in [1.807, 2.05) is 85.7 Å². The van der Waals surface area contributed by atoms with Gasteiger partial charge in [-0.25, -0.2) is 4.79 Å². The monoisotopic (exact) mass is 1910 g/mol. The zero-order chi connectivity index (χ0) is 101. The van der Waals surface area contributed by atoms with Crippen molar-refractivity contribution in [3.05, 3.63) is 189 Å². The second-order valence-electron chi connectivity index (χ2n) is 46.6. The molecule has 0 N–H and O–H groups in total. The van der Waals surface area contributed by atoms with Gasteiger partial charge in [-0.1, -0.05) is 486 Å². The van der Waals surface area contributed by atoms with E-state index < -0.39 is 0 Å². The van der Waals surface area contributed by atoms with Crippen LogP contribution in [0.25, 0.3) is 44.3 Å². The number of aryl methyl sites for hydroxylation is 5. The van der Waals surface area contributed by atoms with E-state index in [2.05, 4.69) is 226 Å². The minimum atomic E-state index is -0.278. The fourth-order valence-corrected chi connectivity index (χ4v) is 29.0. The quantitative estimate of drug-likeness (QED) is 0.0534. The normalized spacial score (nSPS) is 29.5. The lowest BCUT2D eigenvalue weighted by molar-refractivity contribution is -0.0134. The minimum absolute atomic E-state index is 0.278. The lowest BCUT2D eigenvalue weighted by atomic mass is 9.51. The largest absolute Gasteiger partial charge is 0.422 e. The minimum Gasteiger partial charge on any atom is -0.422 e. The summed E-state index contributed by atoms with van der Waals surface area (Å²) in [6.07, 6.45) is 80.7. The van der Waals surface area contributed by atoms with E-state index in [9.17, 15) is 4.79 Å². The molecular weight excluding hydrogens is 1690 g/mol. The number of rotatable bonds is 25. The third-order valence-corrected chi connectivity index (χ3v) is 39.9. The Morgan fingerprint density at radius 2 is 0.557 bits per heavy atom. The van der Waals surface area contributed by atoms with Crippen LogP contribution >= 0.6 is 0 Å². The summed E-state index contributed by atoms with van der Waals surface area (Å²) in [6, 6.07) is 52.1. The van der Waals surface area contributed by atoms with Gasteiger partial charge in [-0.2, -0.15) is 0 Å². The standard InChI is InChI=1S/C22H22.C19H18O2.C18H26.C17H32.C16H28.C16H30.C12H22.C10H20.4C2H6/c1-3-17-5-9-19(10-6-17)21-13-15-22(16-14-21)20-11-7-18(4-2)8-12-20;1-3-13-5-8-15(9-6-13)17-12-16-10-7-14(4-2)11-18(16)21-19(17)20;1-3-15-5-7-16(8-6-15)18-12-9-17(4-2,10-13-18)11-14-18;1-3-14-5-9-16(10-6-14)13-17-11-7-15(4-2)8-12-17;1-3-5-11-7-14-13-9-12(6-4-2)15(10-13)16(14)8-11;1-3-13-5-9-15(10-6-13)16-11-7-14(4-2)8-12-16;1-3-11-5-8-12(4-2,9-6-11)10-7-11;1-3-9-5-7-10(4-2)8-6-9;4*1-2/h5-16H,3-4H2,1-2H3;5-12H,3-4H2,1-2H3;5-8H,3-4,9-14H2,1-2H3;14-17H,3-13H2,1-2H3;11-16H,3-10H2,1-2H3;13-16H,3-12H2,1-2H3;3-10H2,1-2H3;9-10H,3-8H2,1-2H3;4*1-2H3. The molecule has 6 unspecified atom stereocenters. The molecule has 14 fully saturated rings. The number of fused-ring (bicyclic) bond motifs is 12. The lowest BCUT2D eigenvalue weighted by Gasteiger charge is -2.54. The molecule has 6 atom stereocenters. The Balaban J connectivity index is 0.000000195. The molecule has 140 heavy (non-hydrogen) atoms. The first-order valence-electron chi connectivity index (χ1n) is 61.8. The molecule has 786 valence electrons. The van der Waals surface area contributed by atoms with Crippen LogP contribution in [-0.2, 0) is 37.5 Å². The predicted molar refractivity (Wildman–Crippen MR) is 622 cm³/mol. The van der Waals surface area contributed by atoms with Gasteiger partial charge in [0.1, 0.15) is 5.58 Å². The van der Waals surface area contributed by atoms with Gasteiger partial charge in [-0.3, -0.25) is 0 Å². The zero-order valence-corrected chi connectivity index (χ0v) is 96.3. The Hall–Kier alpha value is -5.47. The summed E-state index contributed by atoms with van der Waals surface area (Å²) in [6.45, 7) is 52.9. The molecule has 0 aliphatic heterocycles. The Morgan fingerprint density at radius 3 is 0.879 bits per heavy atom. The van der Waals surface area contributed by atoms with E-state index in [-0.39, 0.29) is 5.63 Å². The zero-order valence-electron chi connectivity index (χ0n) is 96.3. The van der Waals surface area contributed by atoms with Crippen molar-refractivity contribution >= 4 is 11.0 Å². The van der Waals surface area contributed by atoms with Crippen LogP contribution in [0.2, 0.25) is 0 Å². The SMILES string of the molecule is CC.CC.CC.CC.CCC12CCC(CC)(CC1)CC2.CCC1CCC(C2CCC(CC)CC2)CC1.CCC1CCC(CC)CC1.CCC1CCC(CC2CCC(CC)CC2)CC1.CCCC1CC2C3CC(CCC)C(C3)C2C1.CCc1ccc(-c2cc3ccc(CC)cc3oc2=O)cc1.CCc1ccc(-c2ccc(-c3ccc(CC)cc3)cc2)cc1.CCc1ccc(C23CCC(CC)(CC2)CC3)cc1. The topological polar surface area (TPSA) is 30.2 Å². The van der Waals surface area contributed by atoms with Crippen LogP contribution in [0.3, 0.4) is 0 Å². The Morgan fingerprint density at radius 1 is 0.264 bits per heavy atom. The van der Waals surface area contributed by atoms with E-state index in [1.54, 1.807) is 89.0 Å². The number of hydrogen-bond donors (Lipinski definition) is 0. The van der Waals surface area contributed by atoms with Gasteiger partial charge in [0.05, 0.1) is 5.56 Å². The maximum absolute atomic E-state index is 12.2. The summed E-state index contributed by atoms with van der Waals surface area (Å²) in [4.78, 5) is 12.2. The first-order valence-corrected chi connectivity index (χ1v) is 61.8. The molecule has 2 heteroatoms. The Bertz CT molecular complexity index is 4200. The molecule has 14 aliphatic carbocycles. The summed E-state index contributed by atoms with van der Waals surface area (Å²) < 4.78 is 5.49. The van der Waals surface area contributed by atoms with Gasteiger partial charge in [0.2, 0.25) is 0 Å². The highest BCUT2D eigenvalue weighted by Gasteiger charge is 2.55. The molecular formula is C138H222O2. The average molecular weight is 1910 g/mol. The van der Waals surface area contributed by atoms with Crippen LogP contribution in [0.4, 0.5) is 0 Å². The van der Waals surface area contributed by atoms with Gasteiger partial charge in [-0.05, 0) is 357 Å². The second-order valence-corrected chi connectivity index (χ2v) is 46.6. The van der Waals surface area contributed by atoms with E-state index in [1.165, 1.54) is 299 Å². The van der Waals surface area contributed by atoms with Crippen LogP contribution in [0, 0.1) is 111 Å². The average Bonchev–Trinajstić information content (AvgIpc) is 1.45. The molecule has 21 rings (SSSR count). The molecule has 2 nitrogen and oxygen atoms in total. The summed E-state index contributed by atoms with van der Waals surface area (Å²) >= 11 is 0. The van der Waals surface area contributed by atoms with Crippen molar-refractivity contribution in [3.8, 4) is 33.4 Å². The molecule has 6 bridgehead atoms. The van der Waals surface area contributed by atoms with Crippen molar-refractivity contribution < 1.29 is 4.42 Å². The summed E-state index contributed by atoms with van der Waals surface area (Å²) in [5.74, 6) is 17.8. The summed E-state index contributed by atoms with van der Waals surface area (Å²) in [5.41, 5.74) is 18.2. The molecule has 0 amide bonds. The highest BCUT2D eigenvalue weighted by molar-refractivity contribution is 5.82. The van der Waals surface area contributed by atoms with Crippen LogP contribution in [0.5, 0.6) is 0 Å². The van der Waals surface area contributed by atoms with Crippen LogP contribution in [0.15, 0.2) is 155 Å². The van der Waals surface area contributed by atoms with Crippen molar-refractivity contribution in [2.24, 2.45) is 111 Å². The van der Waals surface area contributed by atoms with Crippen molar-refractivity contribution in [1.29, 1.82) is 0 Å². The number of hydrogen-bond acceptors (Lipinski definition) is 2. The van der Waals surface area contributed by atoms with Crippen molar-refractivity contribution in [2.75, 3.05) is 0 Å². The van der Waals surface area contributed by atoms with Gasteiger partial charge in [0.25, 0.3) is 0 Å². The Labute approximate surface area is 867 Å². The maximum atomic E-state index is 12.2. The number of benzene rings is 6. The first-order chi connectivity index (χ1) is 68.3. The molecule has 7 aromatic rings. The van der Waals surface area contributed by atoms with E-state index >= 15 is 0 Å². The van der Waals surface area contributed by atoms with Gasteiger partial charge in [-0.15, -0.1) is 0 Å². The molecule has 1 heterocycles. The molecule has 6 aromatic carbocycles. The lowest BCUT2D eigenvalue weighted by Crippen LogP contribution is -2.43. The molecule has 14 aliphatic rings. The third-order valence-electron chi connectivity index (χ3n) is 39.9. The van der Waals surface area contributed by atoms with Crippen molar-refractivity contribution in [2.45, 2.75) is 525 Å². The van der Waals surface area contributed by atoms with Gasteiger partial charge in [0, 0.05) is 5.39 Å². The van der Waals surface area contributed by atoms with Crippen molar-refractivity contribution in [3.63, 3.8) is 0 Å². The summed E-state index contributed by atoms with van der Waals surface area (Å²) in [5, 5.41) is 0.960. The van der Waals surface area contributed by atoms with E-state index in [0.29, 0.717) is 16.6 Å². The van der Waals surface area contributed by atoms with Gasteiger partial charge in [0.15, 0.2) is 0 Å². The molecule has 1 aromatic heterocycles. The third kappa shape index (κ3) is 34.8. The molecule has 0 saturated heterocycles. The predicted octanol–water partition coefficient (Wildman–Crippen LogP) is 44.0. The molecule has 0 spiro atoms. The van der Waals surface area contributed by atoms with Crippen LogP contribution in [0.1, 0.15) is 521 Å². The fraction of sp³-hybridized carbons (Fsp3) is 0.717. The fourth-order valence-electron chi connectivity index (χ4n) is 29.0. The maximum Gasteiger partial charge on any atom is 0.344 e. The highest BCUT2D eigenvalue weighted by Crippen LogP contribution is 2.64. The van der Waals surface area contributed by atoms with Crippen LogP contribution < -0.4 is 5.63 Å². The van der Waals surface area contributed by atoms with E-state index in [4.69, 9.17) is 4.42 Å². The van der Waals surface area contributed by atoms with Crippen LogP contribution in [-0.4, -0.2) is 0 Å². The first kappa shape index (κ1) is 120. The molecule has 0 radical (unpaired) electrons. The smallest absolute Gasteiger partial charge is 0.344 e. The molecule has 14 saturated carbocycles. The van der Waals surface area contributed by atoms with Gasteiger partial charge >= 0.3 is 5.63 Å². The van der Waals surface area contributed by atoms with E-state index in [0.717, 1.165) is 142 Å². The highest BCUT2D eigenvalue weighted by atomic mass is 16.4. The van der Waals surface area contributed by atoms with Crippen molar-refractivity contribution in [1.82, 2.24) is 0 Å². The Kier molecular flexibility index (Phi) is 54.7. The summed E-state index contributed by atoms with van der Waals surface area (Å²) in [7, 11) is 0. The van der Waals surface area contributed by atoms with Gasteiger partial charge < -0.3 is 4.42 Å².